The summed E-state index contributed by atoms with van der Waals surface area (Å²) >= 11 is 7.39. The van der Waals surface area contributed by atoms with Crippen molar-refractivity contribution in [2.45, 2.75) is 13.5 Å². The molecule has 0 aliphatic rings. The maximum atomic E-state index is 12.1. The Hall–Kier alpha value is -2.70. The van der Waals surface area contributed by atoms with Crippen molar-refractivity contribution in [1.29, 1.82) is 0 Å². The number of aromatic nitrogens is 1. The Morgan fingerprint density at radius 3 is 2.63 bits per heavy atom. The van der Waals surface area contributed by atoms with Gasteiger partial charge in [-0.15, -0.1) is 11.3 Å². The third kappa shape index (κ3) is 5.15. The fraction of sp³-hybridized carbons (Fsp3) is 0.150. The van der Waals surface area contributed by atoms with Gasteiger partial charge in [0, 0.05) is 22.5 Å². The van der Waals surface area contributed by atoms with Crippen LogP contribution in [0.3, 0.4) is 0 Å². The van der Waals surface area contributed by atoms with E-state index in [1.807, 2.05) is 49.4 Å². The average molecular weight is 401 g/mol. The zero-order valence-electron chi connectivity index (χ0n) is 14.6. The zero-order chi connectivity index (χ0) is 19.2. The Bertz CT molecular complexity index is 954. The van der Waals surface area contributed by atoms with Crippen LogP contribution in [0.2, 0.25) is 5.02 Å². The molecule has 1 aromatic heterocycles. The number of aryl methyl sites for hydroxylation is 1. The van der Waals surface area contributed by atoms with E-state index in [0.717, 1.165) is 21.7 Å². The van der Waals surface area contributed by atoms with Gasteiger partial charge in [0.1, 0.15) is 5.01 Å². The molecule has 0 aliphatic heterocycles. The van der Waals surface area contributed by atoms with Crippen molar-refractivity contribution in [1.82, 2.24) is 10.3 Å². The third-order valence-corrected chi connectivity index (χ3v) is 5.04. The fourth-order valence-electron chi connectivity index (χ4n) is 2.29. The number of thiazole rings is 1. The van der Waals surface area contributed by atoms with E-state index in [1.165, 1.54) is 11.3 Å². The molecule has 0 fully saturated rings. The molecule has 0 aliphatic carbocycles. The van der Waals surface area contributed by atoms with Gasteiger partial charge in [-0.1, -0.05) is 59.6 Å². The van der Waals surface area contributed by atoms with E-state index in [-0.39, 0.29) is 18.8 Å². The first-order valence-corrected chi connectivity index (χ1v) is 9.48. The Labute approximate surface area is 166 Å². The van der Waals surface area contributed by atoms with Gasteiger partial charge in [-0.3, -0.25) is 4.79 Å². The monoisotopic (exact) mass is 400 g/mol. The van der Waals surface area contributed by atoms with Crippen molar-refractivity contribution in [2.24, 2.45) is 0 Å². The van der Waals surface area contributed by atoms with Crippen LogP contribution in [0.1, 0.15) is 21.6 Å². The molecule has 2 aromatic carbocycles. The van der Waals surface area contributed by atoms with Crippen LogP contribution in [-0.4, -0.2) is 23.5 Å². The van der Waals surface area contributed by atoms with E-state index in [1.54, 1.807) is 11.4 Å². The standard InChI is InChI=1S/C20H17ClN2O3S/c1-13-6-8-14(9-7-13)19-23-17(12-27-19)20(25)26-11-18(24)22-10-15-4-2-3-5-16(15)21/h2-9,12H,10-11H2,1H3,(H,22,24). The molecular weight excluding hydrogens is 384 g/mol. The van der Waals surface area contributed by atoms with Crippen molar-refractivity contribution in [3.63, 3.8) is 0 Å². The first-order valence-electron chi connectivity index (χ1n) is 8.23. The van der Waals surface area contributed by atoms with Gasteiger partial charge in [0.05, 0.1) is 0 Å². The summed E-state index contributed by atoms with van der Waals surface area (Å²) in [6.07, 6.45) is 0. The summed E-state index contributed by atoms with van der Waals surface area (Å²) in [5, 5.41) is 5.59. The normalized spacial score (nSPS) is 10.4. The number of nitrogens with one attached hydrogen (secondary N) is 1. The Morgan fingerprint density at radius 1 is 1.15 bits per heavy atom. The van der Waals surface area contributed by atoms with Gasteiger partial charge in [-0.2, -0.15) is 0 Å². The molecule has 1 N–H and O–H groups in total. The molecule has 5 nitrogen and oxygen atoms in total. The van der Waals surface area contributed by atoms with Crippen LogP contribution in [0.25, 0.3) is 10.6 Å². The Morgan fingerprint density at radius 2 is 1.89 bits per heavy atom. The number of hydrogen-bond donors (Lipinski definition) is 1. The average Bonchev–Trinajstić information content (AvgIpc) is 3.16. The number of nitrogens with zero attached hydrogens (tertiary/aromatic N) is 1. The Kier molecular flexibility index (Phi) is 6.21. The predicted molar refractivity (Wildman–Crippen MR) is 106 cm³/mol. The molecule has 3 aromatic rings. The third-order valence-electron chi connectivity index (χ3n) is 3.78. The number of carbonyl (C=O) groups is 2. The van der Waals surface area contributed by atoms with Gasteiger partial charge in [0.15, 0.2) is 12.3 Å². The number of esters is 1. The molecule has 27 heavy (non-hydrogen) atoms. The minimum atomic E-state index is -0.627. The molecule has 138 valence electrons. The number of rotatable bonds is 6. The smallest absolute Gasteiger partial charge is 0.358 e. The molecular formula is C20H17ClN2O3S. The summed E-state index contributed by atoms with van der Waals surface area (Å²) in [6.45, 7) is 1.90. The summed E-state index contributed by atoms with van der Waals surface area (Å²) in [7, 11) is 0. The minimum absolute atomic E-state index is 0.189. The van der Waals surface area contributed by atoms with Gasteiger partial charge in [0.25, 0.3) is 5.91 Å². The highest BCUT2D eigenvalue weighted by molar-refractivity contribution is 7.13. The molecule has 0 saturated heterocycles. The van der Waals surface area contributed by atoms with Crippen LogP contribution in [0.5, 0.6) is 0 Å². The first kappa shape index (κ1) is 19.1. The van der Waals surface area contributed by atoms with Gasteiger partial charge < -0.3 is 10.1 Å². The number of benzene rings is 2. The van der Waals surface area contributed by atoms with Gasteiger partial charge in [-0.25, -0.2) is 9.78 Å². The van der Waals surface area contributed by atoms with Gasteiger partial charge in [-0.05, 0) is 18.6 Å². The number of ether oxygens (including phenoxy) is 1. The summed E-state index contributed by atoms with van der Waals surface area (Å²) in [4.78, 5) is 28.3. The van der Waals surface area contributed by atoms with E-state index in [0.29, 0.717) is 5.02 Å². The van der Waals surface area contributed by atoms with Crippen LogP contribution in [-0.2, 0) is 16.1 Å². The van der Waals surface area contributed by atoms with Crippen LogP contribution in [0, 0.1) is 6.92 Å². The van der Waals surface area contributed by atoms with Crippen molar-refractivity contribution < 1.29 is 14.3 Å². The lowest BCUT2D eigenvalue weighted by Crippen LogP contribution is -2.28. The molecule has 0 unspecified atom stereocenters. The summed E-state index contributed by atoms with van der Waals surface area (Å²) in [5.41, 5.74) is 3.07. The van der Waals surface area contributed by atoms with Crippen molar-refractivity contribution in [3.8, 4) is 10.6 Å². The Balaban J connectivity index is 1.51. The maximum Gasteiger partial charge on any atom is 0.358 e. The highest BCUT2D eigenvalue weighted by Crippen LogP contribution is 2.24. The molecule has 0 saturated carbocycles. The molecule has 0 spiro atoms. The van der Waals surface area contributed by atoms with E-state index < -0.39 is 11.9 Å². The molecule has 0 bridgehead atoms. The fourth-order valence-corrected chi connectivity index (χ4v) is 3.29. The van der Waals surface area contributed by atoms with Gasteiger partial charge in [0.2, 0.25) is 0 Å². The van der Waals surface area contributed by atoms with Crippen LogP contribution in [0.15, 0.2) is 53.9 Å². The lowest BCUT2D eigenvalue weighted by Gasteiger charge is -2.07. The second-order valence-electron chi connectivity index (χ2n) is 5.85. The number of halogens is 1. The number of hydrogen-bond acceptors (Lipinski definition) is 5. The molecule has 3 rings (SSSR count). The number of amides is 1. The quantitative estimate of drug-likeness (QED) is 0.628. The largest absolute Gasteiger partial charge is 0.451 e. The number of carbonyl (C=O) groups excluding carboxylic acids is 2. The van der Waals surface area contributed by atoms with E-state index in [9.17, 15) is 9.59 Å². The van der Waals surface area contributed by atoms with E-state index in [2.05, 4.69) is 10.3 Å². The molecule has 1 heterocycles. The maximum absolute atomic E-state index is 12.1. The second-order valence-corrected chi connectivity index (χ2v) is 7.11. The van der Waals surface area contributed by atoms with Crippen LogP contribution >= 0.6 is 22.9 Å². The lowest BCUT2D eigenvalue weighted by atomic mass is 10.2. The molecule has 1 amide bonds. The molecule has 0 radical (unpaired) electrons. The van der Waals surface area contributed by atoms with Crippen molar-refractivity contribution in [3.05, 3.63) is 75.8 Å². The van der Waals surface area contributed by atoms with Crippen molar-refractivity contribution in [2.75, 3.05) is 6.61 Å². The lowest BCUT2D eigenvalue weighted by molar-refractivity contribution is -0.124. The van der Waals surface area contributed by atoms with E-state index in [4.69, 9.17) is 16.3 Å². The van der Waals surface area contributed by atoms with Gasteiger partial charge >= 0.3 is 5.97 Å². The first-order chi connectivity index (χ1) is 13.0. The second kappa shape index (κ2) is 8.79. The highest BCUT2D eigenvalue weighted by Gasteiger charge is 2.15. The van der Waals surface area contributed by atoms with Crippen molar-refractivity contribution >= 4 is 34.8 Å². The molecule has 0 atom stereocenters. The summed E-state index contributed by atoms with van der Waals surface area (Å²) < 4.78 is 5.04. The van der Waals surface area contributed by atoms with E-state index >= 15 is 0 Å². The highest BCUT2D eigenvalue weighted by atomic mass is 35.5. The summed E-state index contributed by atoms with van der Waals surface area (Å²) in [5.74, 6) is -1.03. The SMILES string of the molecule is Cc1ccc(-c2nc(C(=O)OCC(=O)NCc3ccccc3Cl)cs2)cc1. The summed E-state index contributed by atoms with van der Waals surface area (Å²) in [6, 6.07) is 15.1. The molecule has 7 heteroatoms. The van der Waals surface area contributed by atoms with Crippen LogP contribution < -0.4 is 5.32 Å². The predicted octanol–water partition coefficient (Wildman–Crippen LogP) is 4.25. The topological polar surface area (TPSA) is 68.3 Å². The van der Waals surface area contributed by atoms with Crippen LogP contribution in [0.4, 0.5) is 0 Å². The zero-order valence-corrected chi connectivity index (χ0v) is 16.1. The minimum Gasteiger partial charge on any atom is -0.451 e.